The van der Waals surface area contributed by atoms with Gasteiger partial charge in [-0.05, 0) is 45.7 Å². The van der Waals surface area contributed by atoms with Gasteiger partial charge in [0.15, 0.2) is 0 Å². The number of hydrogen-bond acceptors (Lipinski definition) is 8. The molecule has 1 saturated heterocycles. The summed E-state index contributed by atoms with van der Waals surface area (Å²) >= 11 is 0. The van der Waals surface area contributed by atoms with Crippen molar-refractivity contribution in [2.45, 2.75) is 58.1 Å². The Bertz CT molecular complexity index is 1100. The first-order chi connectivity index (χ1) is 15.6. The molecule has 0 radical (unpaired) electrons. The van der Waals surface area contributed by atoms with Crippen LogP contribution in [0, 0.1) is 0 Å². The van der Waals surface area contributed by atoms with Crippen molar-refractivity contribution in [2.24, 2.45) is 0 Å². The van der Waals surface area contributed by atoms with E-state index in [0.717, 1.165) is 0 Å². The average Bonchev–Trinajstić information content (AvgIpc) is 3.21. The lowest BCUT2D eigenvalue weighted by molar-refractivity contribution is -0.149. The molecule has 1 aromatic carbocycles. The SMILES string of the molecule is CC(C)OC(=O)[C@H](C)NP(=O)(OCC1CCC(n2ccc(=O)[nH]c2=O)O1)Oc1ccccc1. The van der Waals surface area contributed by atoms with Crippen LogP contribution in [-0.4, -0.2) is 40.4 Å². The molecule has 0 amide bonds. The Labute approximate surface area is 190 Å². The highest BCUT2D eigenvalue weighted by Crippen LogP contribution is 2.45. The van der Waals surface area contributed by atoms with Crippen LogP contribution in [0.3, 0.4) is 0 Å². The Morgan fingerprint density at radius 2 is 1.94 bits per heavy atom. The van der Waals surface area contributed by atoms with E-state index in [0.29, 0.717) is 18.6 Å². The van der Waals surface area contributed by atoms with Gasteiger partial charge in [0.1, 0.15) is 18.0 Å². The fourth-order valence-electron chi connectivity index (χ4n) is 3.18. The van der Waals surface area contributed by atoms with Crippen molar-refractivity contribution in [1.29, 1.82) is 0 Å². The molecule has 11 nitrogen and oxygen atoms in total. The first-order valence-electron chi connectivity index (χ1n) is 10.6. The summed E-state index contributed by atoms with van der Waals surface area (Å²) in [5.74, 6) is -0.303. The van der Waals surface area contributed by atoms with Gasteiger partial charge in [-0.1, -0.05) is 18.2 Å². The smallest absolute Gasteiger partial charge is 0.459 e. The van der Waals surface area contributed by atoms with Gasteiger partial charge < -0.3 is 14.0 Å². The van der Waals surface area contributed by atoms with E-state index in [1.165, 1.54) is 23.8 Å². The van der Waals surface area contributed by atoms with Gasteiger partial charge in [0.25, 0.3) is 5.56 Å². The van der Waals surface area contributed by atoms with Crippen LogP contribution in [0.25, 0.3) is 0 Å². The van der Waals surface area contributed by atoms with Crippen LogP contribution < -0.4 is 20.9 Å². The van der Waals surface area contributed by atoms with E-state index in [-0.39, 0.29) is 12.7 Å². The first-order valence-corrected chi connectivity index (χ1v) is 12.1. The lowest BCUT2D eigenvalue weighted by Gasteiger charge is -2.24. The minimum Gasteiger partial charge on any atom is -0.462 e. The van der Waals surface area contributed by atoms with Crippen molar-refractivity contribution < 1.29 is 27.9 Å². The molecule has 2 heterocycles. The second kappa shape index (κ2) is 10.9. The van der Waals surface area contributed by atoms with E-state index in [4.69, 9.17) is 18.5 Å². The number of nitrogens with zero attached hydrogens (tertiary/aromatic N) is 1. The predicted octanol–water partition coefficient (Wildman–Crippen LogP) is 2.35. The molecule has 0 spiro atoms. The molecule has 0 bridgehead atoms. The molecular weight excluding hydrogens is 453 g/mol. The zero-order valence-electron chi connectivity index (χ0n) is 18.6. The van der Waals surface area contributed by atoms with Gasteiger partial charge in [0.2, 0.25) is 0 Å². The predicted molar refractivity (Wildman–Crippen MR) is 119 cm³/mol. The van der Waals surface area contributed by atoms with Crippen molar-refractivity contribution >= 4 is 13.7 Å². The van der Waals surface area contributed by atoms with E-state index in [9.17, 15) is 18.9 Å². The molecule has 2 aromatic rings. The molecule has 0 saturated carbocycles. The monoisotopic (exact) mass is 481 g/mol. The number of carbonyl (C=O) groups excluding carboxylic acids is 1. The molecular formula is C21H28N3O8P. The van der Waals surface area contributed by atoms with Gasteiger partial charge in [0.05, 0.1) is 18.8 Å². The normalized spacial score (nSPS) is 20.8. The third-order valence-electron chi connectivity index (χ3n) is 4.70. The summed E-state index contributed by atoms with van der Waals surface area (Å²) in [5.41, 5.74) is -1.07. The highest BCUT2D eigenvalue weighted by atomic mass is 31.2. The van der Waals surface area contributed by atoms with Crippen molar-refractivity contribution in [3.63, 3.8) is 0 Å². The van der Waals surface area contributed by atoms with E-state index in [1.54, 1.807) is 44.2 Å². The lowest BCUT2D eigenvalue weighted by atomic mass is 10.2. The number of esters is 1. The molecule has 0 aliphatic carbocycles. The van der Waals surface area contributed by atoms with E-state index < -0.39 is 43.3 Å². The first kappa shape index (κ1) is 24.9. The third kappa shape index (κ3) is 7.13. The number of ether oxygens (including phenoxy) is 2. The Balaban J connectivity index is 1.67. The number of H-pyrrole nitrogens is 1. The zero-order valence-corrected chi connectivity index (χ0v) is 19.5. The minimum atomic E-state index is -4.00. The van der Waals surface area contributed by atoms with Crippen LogP contribution >= 0.6 is 7.75 Å². The van der Waals surface area contributed by atoms with Gasteiger partial charge in [-0.3, -0.25) is 23.7 Å². The number of carbonyl (C=O) groups is 1. The topological polar surface area (TPSA) is 138 Å². The van der Waals surface area contributed by atoms with Crippen molar-refractivity contribution in [1.82, 2.24) is 14.6 Å². The van der Waals surface area contributed by atoms with Crippen LogP contribution in [0.5, 0.6) is 5.75 Å². The molecule has 2 N–H and O–H groups in total. The highest BCUT2D eigenvalue weighted by molar-refractivity contribution is 7.52. The molecule has 4 atom stereocenters. The second-order valence-corrected chi connectivity index (χ2v) is 9.54. The van der Waals surface area contributed by atoms with Crippen molar-refractivity contribution in [2.75, 3.05) is 6.61 Å². The summed E-state index contributed by atoms with van der Waals surface area (Å²) in [6.45, 7) is 4.81. The Kier molecular flexibility index (Phi) is 8.25. The van der Waals surface area contributed by atoms with Crippen molar-refractivity contribution in [3.05, 3.63) is 63.4 Å². The molecule has 180 valence electrons. The summed E-state index contributed by atoms with van der Waals surface area (Å²) in [5, 5.41) is 2.62. The van der Waals surface area contributed by atoms with Crippen LogP contribution in [0.2, 0.25) is 0 Å². The van der Waals surface area contributed by atoms with Gasteiger partial charge in [0, 0.05) is 12.3 Å². The van der Waals surface area contributed by atoms with E-state index >= 15 is 0 Å². The molecule has 3 rings (SSSR count). The van der Waals surface area contributed by atoms with Crippen LogP contribution in [0.1, 0.15) is 39.8 Å². The van der Waals surface area contributed by atoms with Gasteiger partial charge >= 0.3 is 19.4 Å². The summed E-state index contributed by atoms with van der Waals surface area (Å²) < 4.78 is 37.0. The molecule has 12 heteroatoms. The number of rotatable bonds is 10. The number of hydrogen-bond donors (Lipinski definition) is 2. The maximum Gasteiger partial charge on any atom is 0.459 e. The maximum absolute atomic E-state index is 13.5. The Morgan fingerprint density at radius 1 is 1.21 bits per heavy atom. The fraction of sp³-hybridized carbons (Fsp3) is 0.476. The lowest BCUT2D eigenvalue weighted by Crippen LogP contribution is -2.36. The van der Waals surface area contributed by atoms with Crippen LogP contribution in [0.4, 0.5) is 0 Å². The second-order valence-electron chi connectivity index (χ2n) is 7.84. The van der Waals surface area contributed by atoms with Gasteiger partial charge in [-0.15, -0.1) is 0 Å². The fourth-order valence-corrected chi connectivity index (χ4v) is 4.71. The number of aromatic amines is 1. The molecule has 33 heavy (non-hydrogen) atoms. The van der Waals surface area contributed by atoms with Crippen molar-refractivity contribution in [3.8, 4) is 5.75 Å². The number of benzene rings is 1. The van der Waals surface area contributed by atoms with E-state index in [1.807, 2.05) is 0 Å². The number of nitrogens with one attached hydrogen (secondary N) is 2. The molecule has 1 aromatic heterocycles. The van der Waals surface area contributed by atoms with Crippen LogP contribution in [-0.2, 0) is 23.4 Å². The average molecular weight is 481 g/mol. The molecule has 1 aliphatic heterocycles. The number of para-hydroxylation sites is 1. The summed E-state index contributed by atoms with van der Waals surface area (Å²) in [4.78, 5) is 37.6. The molecule has 1 fully saturated rings. The van der Waals surface area contributed by atoms with Crippen LogP contribution in [0.15, 0.2) is 52.2 Å². The third-order valence-corrected chi connectivity index (χ3v) is 6.35. The highest BCUT2D eigenvalue weighted by Gasteiger charge is 2.35. The van der Waals surface area contributed by atoms with E-state index in [2.05, 4.69) is 10.1 Å². The summed E-state index contributed by atoms with van der Waals surface area (Å²) in [6.07, 6.45) is 0.965. The molecule has 3 unspecified atom stereocenters. The zero-order chi connectivity index (χ0) is 24.0. The summed E-state index contributed by atoms with van der Waals surface area (Å²) in [6, 6.07) is 8.70. The quantitative estimate of drug-likeness (QED) is 0.387. The Morgan fingerprint density at radius 3 is 2.61 bits per heavy atom. The largest absolute Gasteiger partial charge is 0.462 e. The standard InChI is InChI=1S/C21H28N3O8P/c1-14(2)30-20(26)15(3)23-33(28,32-16-7-5-4-6-8-16)29-13-17-9-10-19(31-17)24-12-11-18(25)22-21(24)27/h4-8,11-12,14-15,17,19H,9-10,13H2,1-3H3,(H,23,28)(H,22,25,27)/t15-,17?,19?,33?/m0/s1. The molecule has 1 aliphatic rings. The maximum atomic E-state index is 13.5. The minimum absolute atomic E-state index is 0.113. The van der Waals surface area contributed by atoms with Gasteiger partial charge in [-0.25, -0.2) is 9.36 Å². The van der Waals surface area contributed by atoms with Gasteiger partial charge in [-0.2, -0.15) is 5.09 Å². The number of aromatic nitrogens is 2. The Hall–Kier alpha value is -2.72. The summed E-state index contributed by atoms with van der Waals surface area (Å²) in [7, 11) is -4.00.